The fourth-order valence-corrected chi connectivity index (χ4v) is 3.36. The number of carbonyl (C=O) groups excluding carboxylic acids is 3. The number of hydrogen-bond acceptors (Lipinski definition) is 5. The van der Waals surface area contributed by atoms with E-state index in [1.54, 1.807) is 6.92 Å². The van der Waals surface area contributed by atoms with Crippen LogP contribution < -0.4 is 10.6 Å². The summed E-state index contributed by atoms with van der Waals surface area (Å²) in [5.74, 6) is -0.774. The Hall–Kier alpha value is -2.67. The number of anilines is 1. The molecule has 1 aromatic heterocycles. The van der Waals surface area contributed by atoms with Crippen LogP contribution in [0, 0.1) is 13.8 Å². The SMILES string of the molecule is COC(=O)NC(=O)c1c(NC(=O)CCc2ccccc2)sc(C)c1C. The quantitative estimate of drug-likeness (QED) is 0.855. The molecule has 1 aromatic carbocycles. The van der Waals surface area contributed by atoms with Crippen molar-refractivity contribution >= 4 is 34.2 Å². The summed E-state index contributed by atoms with van der Waals surface area (Å²) in [5.41, 5.74) is 2.09. The topological polar surface area (TPSA) is 84.5 Å². The molecule has 0 atom stereocenters. The molecule has 0 aliphatic rings. The highest BCUT2D eigenvalue weighted by atomic mass is 32.1. The zero-order valence-corrected chi connectivity index (χ0v) is 15.2. The summed E-state index contributed by atoms with van der Waals surface area (Å²) >= 11 is 1.31. The number of benzene rings is 1. The highest BCUT2D eigenvalue weighted by molar-refractivity contribution is 7.16. The number of ether oxygens (including phenoxy) is 1. The number of imide groups is 1. The van der Waals surface area contributed by atoms with Gasteiger partial charge >= 0.3 is 6.09 Å². The number of hydrogen-bond donors (Lipinski definition) is 2. The van der Waals surface area contributed by atoms with Crippen LogP contribution in [-0.2, 0) is 16.0 Å². The van der Waals surface area contributed by atoms with E-state index >= 15 is 0 Å². The molecule has 25 heavy (non-hydrogen) atoms. The average Bonchev–Trinajstić information content (AvgIpc) is 2.87. The van der Waals surface area contributed by atoms with Crippen molar-refractivity contribution in [1.29, 1.82) is 0 Å². The van der Waals surface area contributed by atoms with E-state index in [0.29, 0.717) is 23.4 Å². The van der Waals surface area contributed by atoms with Crippen molar-refractivity contribution in [2.24, 2.45) is 0 Å². The van der Waals surface area contributed by atoms with E-state index in [1.807, 2.05) is 37.3 Å². The maximum Gasteiger partial charge on any atom is 0.413 e. The lowest BCUT2D eigenvalue weighted by Gasteiger charge is -2.08. The Bertz CT molecular complexity index is 784. The Balaban J connectivity index is 2.08. The maximum absolute atomic E-state index is 12.3. The maximum atomic E-state index is 12.3. The summed E-state index contributed by atoms with van der Waals surface area (Å²) in [4.78, 5) is 36.7. The number of nitrogens with one attached hydrogen (secondary N) is 2. The third-order valence-corrected chi connectivity index (χ3v) is 4.87. The summed E-state index contributed by atoms with van der Waals surface area (Å²) in [6.45, 7) is 3.63. The molecule has 0 fully saturated rings. The lowest BCUT2D eigenvalue weighted by Crippen LogP contribution is -2.31. The molecule has 7 heteroatoms. The van der Waals surface area contributed by atoms with Gasteiger partial charge in [-0.1, -0.05) is 30.3 Å². The molecule has 0 bridgehead atoms. The van der Waals surface area contributed by atoms with Crippen LogP contribution in [0.3, 0.4) is 0 Å². The molecule has 0 aliphatic heterocycles. The first-order valence-corrected chi connectivity index (χ1v) is 8.57. The van der Waals surface area contributed by atoms with Crippen LogP contribution in [0.2, 0.25) is 0 Å². The molecule has 0 unspecified atom stereocenters. The van der Waals surface area contributed by atoms with E-state index in [0.717, 1.165) is 16.0 Å². The van der Waals surface area contributed by atoms with Crippen molar-refractivity contribution in [2.75, 3.05) is 12.4 Å². The Labute approximate surface area is 150 Å². The Morgan fingerprint density at radius 3 is 2.44 bits per heavy atom. The normalized spacial score (nSPS) is 10.2. The molecule has 2 aromatic rings. The number of methoxy groups -OCH3 is 1. The van der Waals surface area contributed by atoms with Gasteiger partial charge in [-0.05, 0) is 31.4 Å². The molecule has 2 rings (SSSR count). The van der Waals surface area contributed by atoms with Crippen molar-refractivity contribution in [3.63, 3.8) is 0 Å². The molecule has 3 amide bonds. The highest BCUT2D eigenvalue weighted by Crippen LogP contribution is 2.32. The van der Waals surface area contributed by atoms with Crippen LogP contribution in [0.5, 0.6) is 0 Å². The fourth-order valence-electron chi connectivity index (χ4n) is 2.29. The number of carbonyl (C=O) groups is 3. The van der Waals surface area contributed by atoms with Crippen molar-refractivity contribution in [3.05, 3.63) is 51.9 Å². The summed E-state index contributed by atoms with van der Waals surface area (Å²) in [6.07, 6.45) is 0.0761. The standard InChI is InChI=1S/C18H20N2O4S/c1-11-12(2)25-17(15(11)16(22)20-18(23)24-3)19-14(21)10-9-13-7-5-4-6-8-13/h4-8H,9-10H2,1-3H3,(H,19,21)(H,20,22,23). The van der Waals surface area contributed by atoms with Crippen LogP contribution in [0.4, 0.5) is 9.80 Å². The van der Waals surface area contributed by atoms with E-state index in [4.69, 9.17) is 0 Å². The van der Waals surface area contributed by atoms with E-state index in [9.17, 15) is 14.4 Å². The van der Waals surface area contributed by atoms with Gasteiger partial charge in [0.25, 0.3) is 5.91 Å². The second-order valence-electron chi connectivity index (χ2n) is 5.47. The zero-order chi connectivity index (χ0) is 18.4. The number of alkyl carbamates (subject to hydrolysis) is 1. The van der Waals surface area contributed by atoms with Gasteiger partial charge in [0.05, 0.1) is 12.7 Å². The summed E-state index contributed by atoms with van der Waals surface area (Å²) in [5, 5.41) is 5.35. The second-order valence-corrected chi connectivity index (χ2v) is 6.69. The van der Waals surface area contributed by atoms with E-state index in [-0.39, 0.29) is 5.91 Å². The van der Waals surface area contributed by atoms with Gasteiger partial charge in [-0.15, -0.1) is 11.3 Å². The molecular weight excluding hydrogens is 340 g/mol. The van der Waals surface area contributed by atoms with Gasteiger partial charge in [0.15, 0.2) is 0 Å². The van der Waals surface area contributed by atoms with Crippen LogP contribution in [0.15, 0.2) is 30.3 Å². The summed E-state index contributed by atoms with van der Waals surface area (Å²) in [6, 6.07) is 9.69. The van der Waals surface area contributed by atoms with Crippen molar-refractivity contribution in [2.45, 2.75) is 26.7 Å². The van der Waals surface area contributed by atoms with Crippen LogP contribution in [-0.4, -0.2) is 25.0 Å². The molecule has 6 nitrogen and oxygen atoms in total. The molecule has 132 valence electrons. The van der Waals surface area contributed by atoms with Crippen molar-refractivity contribution in [1.82, 2.24) is 5.32 Å². The third-order valence-electron chi connectivity index (χ3n) is 3.75. The molecule has 0 saturated carbocycles. The molecule has 2 N–H and O–H groups in total. The molecule has 0 aliphatic carbocycles. The Morgan fingerprint density at radius 1 is 1.12 bits per heavy atom. The summed E-state index contributed by atoms with van der Waals surface area (Å²) < 4.78 is 4.44. The minimum Gasteiger partial charge on any atom is -0.453 e. The lowest BCUT2D eigenvalue weighted by molar-refractivity contribution is -0.116. The number of amides is 3. The van der Waals surface area contributed by atoms with Crippen molar-refractivity contribution < 1.29 is 19.1 Å². The van der Waals surface area contributed by atoms with Crippen LogP contribution >= 0.6 is 11.3 Å². The second kappa shape index (κ2) is 8.43. The first kappa shape index (κ1) is 18.7. The average molecular weight is 360 g/mol. The molecule has 0 spiro atoms. The number of rotatable bonds is 5. The summed E-state index contributed by atoms with van der Waals surface area (Å²) in [7, 11) is 1.18. The molecular formula is C18H20N2O4S. The van der Waals surface area contributed by atoms with Gasteiger partial charge in [0.2, 0.25) is 5.91 Å². The predicted octanol–water partition coefficient (Wildman–Crippen LogP) is 3.43. The number of aryl methyl sites for hydroxylation is 2. The largest absolute Gasteiger partial charge is 0.453 e. The third kappa shape index (κ3) is 4.90. The smallest absolute Gasteiger partial charge is 0.413 e. The van der Waals surface area contributed by atoms with Crippen LogP contribution in [0.25, 0.3) is 0 Å². The lowest BCUT2D eigenvalue weighted by atomic mass is 10.1. The van der Waals surface area contributed by atoms with Crippen molar-refractivity contribution in [3.8, 4) is 0 Å². The minimum atomic E-state index is -0.838. The van der Waals surface area contributed by atoms with E-state index < -0.39 is 12.0 Å². The van der Waals surface area contributed by atoms with Gasteiger partial charge in [-0.3, -0.25) is 14.9 Å². The highest BCUT2D eigenvalue weighted by Gasteiger charge is 2.22. The minimum absolute atomic E-state index is 0.183. The number of thiophene rings is 1. The molecule has 1 heterocycles. The zero-order valence-electron chi connectivity index (χ0n) is 14.3. The molecule has 0 saturated heterocycles. The van der Waals surface area contributed by atoms with Gasteiger partial charge in [0.1, 0.15) is 5.00 Å². The monoisotopic (exact) mass is 360 g/mol. The van der Waals surface area contributed by atoms with Gasteiger partial charge in [-0.25, -0.2) is 4.79 Å². The Kier molecular flexibility index (Phi) is 6.30. The molecule has 0 radical (unpaired) electrons. The van der Waals surface area contributed by atoms with E-state index in [1.165, 1.54) is 18.4 Å². The predicted molar refractivity (Wildman–Crippen MR) is 97.1 cm³/mol. The van der Waals surface area contributed by atoms with Gasteiger partial charge in [0, 0.05) is 11.3 Å². The van der Waals surface area contributed by atoms with Crippen LogP contribution in [0.1, 0.15) is 32.8 Å². The van der Waals surface area contributed by atoms with Gasteiger partial charge in [-0.2, -0.15) is 0 Å². The van der Waals surface area contributed by atoms with E-state index in [2.05, 4.69) is 15.4 Å². The first-order valence-electron chi connectivity index (χ1n) is 7.75. The first-order chi connectivity index (χ1) is 11.9. The van der Waals surface area contributed by atoms with Gasteiger partial charge < -0.3 is 10.1 Å². The fraction of sp³-hybridized carbons (Fsp3) is 0.278. The Morgan fingerprint density at radius 2 is 1.80 bits per heavy atom.